The van der Waals surface area contributed by atoms with Gasteiger partial charge < -0.3 is 25.5 Å². The van der Waals surface area contributed by atoms with Crippen molar-refractivity contribution in [2.45, 2.75) is 25.9 Å². The van der Waals surface area contributed by atoms with Crippen LogP contribution in [0.25, 0.3) is 0 Å². The molecule has 5 rings (SSSR count). The Morgan fingerprint density at radius 3 is 2.43 bits per heavy atom. The molecule has 0 bridgehead atoms. The van der Waals surface area contributed by atoms with Crippen LogP contribution in [-0.2, 0) is 0 Å². The summed E-state index contributed by atoms with van der Waals surface area (Å²) in [7, 11) is 0. The van der Waals surface area contributed by atoms with Crippen molar-refractivity contribution >= 4 is 17.8 Å². The van der Waals surface area contributed by atoms with Gasteiger partial charge in [0, 0.05) is 39.3 Å². The van der Waals surface area contributed by atoms with Crippen molar-refractivity contribution in [2.75, 3.05) is 50.7 Å². The standard InChI is InChI=1S/C26H33N6O3/c1-17-22(23(24(27)34)29-26(28-17)31-11-9-21(33)16-31)25(35)32-14-19-12-30(13-20(19)15-32)10-5-8-18-6-3-2-4-7-18/h2-4,6-8,19-21,33H,5,9-16H2,1H3,(H2,27,34)/t19?,20?,21-/m0/s1. The summed E-state index contributed by atoms with van der Waals surface area (Å²) >= 11 is 0. The third-order valence-electron chi connectivity index (χ3n) is 7.45. The number of amides is 2. The molecule has 4 heterocycles. The second-order valence-corrected chi connectivity index (χ2v) is 9.98. The fourth-order valence-electron chi connectivity index (χ4n) is 5.66. The number of aliphatic hydroxyl groups excluding tert-OH is 1. The minimum absolute atomic E-state index is 0.0333. The Kier molecular flexibility index (Phi) is 6.71. The lowest BCUT2D eigenvalue weighted by Crippen LogP contribution is -2.36. The highest BCUT2D eigenvalue weighted by molar-refractivity contribution is 6.06. The molecule has 1 aromatic carbocycles. The van der Waals surface area contributed by atoms with Gasteiger partial charge in [0.05, 0.1) is 17.4 Å². The van der Waals surface area contributed by atoms with E-state index in [1.165, 1.54) is 5.56 Å². The van der Waals surface area contributed by atoms with Gasteiger partial charge >= 0.3 is 0 Å². The molecule has 0 aliphatic carbocycles. The highest BCUT2D eigenvalue weighted by atomic mass is 16.3. The molecule has 9 nitrogen and oxygen atoms in total. The Labute approximate surface area is 205 Å². The molecule has 3 N–H and O–H groups in total. The SMILES string of the molecule is Cc1nc(N2CC[C@H](O)C2)nc(C(N)=O)c1C(=O)N1CC2CN(CC[CH]c3ccccc3)CC2C1. The van der Waals surface area contributed by atoms with E-state index < -0.39 is 12.0 Å². The second kappa shape index (κ2) is 9.91. The van der Waals surface area contributed by atoms with Crippen LogP contribution < -0.4 is 10.6 Å². The van der Waals surface area contributed by atoms with Crippen molar-refractivity contribution in [3.8, 4) is 0 Å². The molecule has 2 amide bonds. The molecule has 185 valence electrons. The topological polar surface area (TPSA) is 116 Å². The molecular formula is C26H33N6O3. The highest BCUT2D eigenvalue weighted by Crippen LogP contribution is 2.33. The number of fused-ring (bicyclic) bond motifs is 1. The molecule has 0 saturated carbocycles. The summed E-state index contributed by atoms with van der Waals surface area (Å²) < 4.78 is 0. The van der Waals surface area contributed by atoms with Gasteiger partial charge in [0.2, 0.25) is 5.95 Å². The van der Waals surface area contributed by atoms with E-state index in [2.05, 4.69) is 45.6 Å². The molecule has 3 aliphatic rings. The zero-order valence-corrected chi connectivity index (χ0v) is 20.1. The first-order chi connectivity index (χ1) is 16.9. The Balaban J connectivity index is 1.21. The van der Waals surface area contributed by atoms with E-state index in [9.17, 15) is 14.7 Å². The average Bonchev–Trinajstić information content (AvgIpc) is 3.54. The fourth-order valence-corrected chi connectivity index (χ4v) is 5.66. The zero-order chi connectivity index (χ0) is 24.5. The fraction of sp³-hybridized carbons (Fsp3) is 0.500. The van der Waals surface area contributed by atoms with E-state index in [1.807, 2.05) is 15.9 Å². The number of likely N-dealkylation sites (tertiary alicyclic amines) is 2. The minimum Gasteiger partial charge on any atom is -0.391 e. The van der Waals surface area contributed by atoms with Gasteiger partial charge in [0.25, 0.3) is 11.8 Å². The molecule has 0 spiro atoms. The summed E-state index contributed by atoms with van der Waals surface area (Å²) in [4.78, 5) is 40.7. The Hall–Kier alpha value is -3.04. The third-order valence-corrected chi connectivity index (χ3v) is 7.45. The van der Waals surface area contributed by atoms with Crippen LogP contribution in [0.5, 0.6) is 0 Å². The number of rotatable bonds is 7. The van der Waals surface area contributed by atoms with Crippen LogP contribution in [0.15, 0.2) is 30.3 Å². The normalized spacial score (nSPS) is 24.2. The molecule has 3 fully saturated rings. The molecular weight excluding hydrogens is 444 g/mol. The quantitative estimate of drug-likeness (QED) is 0.614. The van der Waals surface area contributed by atoms with Crippen LogP contribution in [0.4, 0.5) is 5.95 Å². The number of nitrogens with zero attached hydrogens (tertiary/aromatic N) is 5. The number of β-amino-alcohol motifs (C(OH)–C–C–N with tert-alkyl or cyclic N) is 1. The number of aryl methyl sites for hydroxylation is 1. The van der Waals surface area contributed by atoms with Crippen molar-refractivity contribution in [1.82, 2.24) is 19.8 Å². The van der Waals surface area contributed by atoms with Crippen LogP contribution in [0.2, 0.25) is 0 Å². The molecule has 35 heavy (non-hydrogen) atoms. The second-order valence-electron chi connectivity index (χ2n) is 9.98. The predicted molar refractivity (Wildman–Crippen MR) is 132 cm³/mol. The maximum atomic E-state index is 13.5. The Bertz CT molecular complexity index is 1080. The van der Waals surface area contributed by atoms with Gasteiger partial charge in [-0.3, -0.25) is 9.59 Å². The zero-order valence-electron chi connectivity index (χ0n) is 20.1. The molecule has 9 heteroatoms. The first-order valence-corrected chi connectivity index (χ1v) is 12.4. The highest BCUT2D eigenvalue weighted by Gasteiger charge is 2.42. The minimum atomic E-state index is -0.736. The van der Waals surface area contributed by atoms with Crippen molar-refractivity contribution in [1.29, 1.82) is 0 Å². The van der Waals surface area contributed by atoms with Gasteiger partial charge in [-0.2, -0.15) is 0 Å². The summed E-state index contributed by atoms with van der Waals surface area (Å²) in [5, 5.41) is 9.84. The van der Waals surface area contributed by atoms with E-state index >= 15 is 0 Å². The van der Waals surface area contributed by atoms with E-state index in [0.29, 0.717) is 56.1 Å². The Morgan fingerprint density at radius 2 is 1.80 bits per heavy atom. The average molecular weight is 478 g/mol. The Morgan fingerprint density at radius 1 is 1.09 bits per heavy atom. The van der Waals surface area contributed by atoms with E-state index in [4.69, 9.17) is 5.73 Å². The number of hydrogen-bond donors (Lipinski definition) is 2. The molecule has 3 aliphatic heterocycles. The maximum absolute atomic E-state index is 13.5. The van der Waals surface area contributed by atoms with Crippen LogP contribution >= 0.6 is 0 Å². The number of carbonyl (C=O) groups excluding carboxylic acids is 2. The van der Waals surface area contributed by atoms with Crippen molar-refractivity contribution in [2.24, 2.45) is 17.6 Å². The maximum Gasteiger partial charge on any atom is 0.268 e. The summed E-state index contributed by atoms with van der Waals surface area (Å²) in [6.07, 6.45) is 3.44. The largest absolute Gasteiger partial charge is 0.391 e. The number of primary amides is 1. The first-order valence-electron chi connectivity index (χ1n) is 12.4. The lowest BCUT2D eigenvalue weighted by molar-refractivity contribution is 0.0766. The van der Waals surface area contributed by atoms with Crippen LogP contribution in [0, 0.1) is 25.2 Å². The lowest BCUT2D eigenvalue weighted by atomic mass is 10.0. The molecule has 1 radical (unpaired) electrons. The summed E-state index contributed by atoms with van der Waals surface area (Å²) in [6, 6.07) is 10.4. The van der Waals surface area contributed by atoms with E-state index in [-0.39, 0.29) is 17.2 Å². The molecule has 3 atom stereocenters. The van der Waals surface area contributed by atoms with Gasteiger partial charge in [0.1, 0.15) is 5.69 Å². The number of benzene rings is 1. The van der Waals surface area contributed by atoms with Gasteiger partial charge in [-0.1, -0.05) is 30.3 Å². The predicted octanol–water partition coefficient (Wildman–Crippen LogP) is 1.10. The van der Waals surface area contributed by atoms with Gasteiger partial charge in [0.15, 0.2) is 0 Å². The number of hydrogen-bond acceptors (Lipinski definition) is 7. The summed E-state index contributed by atoms with van der Waals surface area (Å²) in [5.74, 6) is 0.243. The molecule has 2 aromatic rings. The van der Waals surface area contributed by atoms with Gasteiger partial charge in [-0.15, -0.1) is 0 Å². The molecule has 3 saturated heterocycles. The van der Waals surface area contributed by atoms with Crippen LogP contribution in [-0.4, -0.2) is 88.6 Å². The first kappa shape index (κ1) is 23.7. The number of aromatic nitrogens is 2. The van der Waals surface area contributed by atoms with Gasteiger partial charge in [-0.25, -0.2) is 9.97 Å². The number of anilines is 1. The molecule has 1 aromatic heterocycles. The summed E-state index contributed by atoms with van der Waals surface area (Å²) in [5.41, 5.74) is 7.50. The summed E-state index contributed by atoms with van der Waals surface area (Å²) in [6.45, 7) is 7.03. The number of nitrogens with two attached hydrogens (primary N) is 1. The van der Waals surface area contributed by atoms with Crippen LogP contribution in [0.3, 0.4) is 0 Å². The van der Waals surface area contributed by atoms with E-state index in [0.717, 1.165) is 26.1 Å². The molecule has 2 unspecified atom stereocenters. The van der Waals surface area contributed by atoms with E-state index in [1.54, 1.807) is 6.92 Å². The third kappa shape index (κ3) is 5.01. The van der Waals surface area contributed by atoms with Crippen molar-refractivity contribution in [3.05, 3.63) is 59.3 Å². The smallest absolute Gasteiger partial charge is 0.268 e. The van der Waals surface area contributed by atoms with Gasteiger partial charge in [-0.05, 0) is 50.1 Å². The number of aliphatic hydroxyl groups is 1. The monoisotopic (exact) mass is 477 g/mol. The van der Waals surface area contributed by atoms with Crippen molar-refractivity contribution < 1.29 is 14.7 Å². The van der Waals surface area contributed by atoms with Crippen LogP contribution in [0.1, 0.15) is 44.9 Å². The lowest BCUT2D eigenvalue weighted by Gasteiger charge is -2.23. The number of carbonyl (C=O) groups is 2. The van der Waals surface area contributed by atoms with Crippen molar-refractivity contribution in [3.63, 3.8) is 0 Å².